The molecule has 0 saturated heterocycles. The van der Waals surface area contributed by atoms with Crippen LogP contribution in [0.25, 0.3) is 6.08 Å². The molecular formula is C14H22Ge. The average Bonchev–Trinajstić information content (AvgIpc) is 2.33. The van der Waals surface area contributed by atoms with Gasteiger partial charge in [-0.1, -0.05) is 0 Å². The van der Waals surface area contributed by atoms with Gasteiger partial charge in [0.2, 0.25) is 0 Å². The van der Waals surface area contributed by atoms with Crippen molar-refractivity contribution in [2.24, 2.45) is 0 Å². The van der Waals surface area contributed by atoms with Crippen LogP contribution in [0.15, 0.2) is 30.8 Å². The van der Waals surface area contributed by atoms with E-state index in [0.717, 1.165) is 0 Å². The van der Waals surface area contributed by atoms with Gasteiger partial charge in [-0.25, -0.2) is 0 Å². The molecule has 0 saturated carbocycles. The fourth-order valence-corrected chi connectivity index (χ4v) is 9.89. The summed E-state index contributed by atoms with van der Waals surface area (Å²) in [5, 5.41) is 4.21. The van der Waals surface area contributed by atoms with Crippen molar-refractivity contribution in [2.45, 2.75) is 36.5 Å². The van der Waals surface area contributed by atoms with E-state index in [1.807, 2.05) is 6.08 Å². The quantitative estimate of drug-likeness (QED) is 0.703. The summed E-state index contributed by atoms with van der Waals surface area (Å²) >= 11 is -1.70. The van der Waals surface area contributed by atoms with Gasteiger partial charge in [-0.3, -0.25) is 0 Å². The summed E-state index contributed by atoms with van der Waals surface area (Å²) in [6, 6.07) is 9.10. The van der Waals surface area contributed by atoms with Gasteiger partial charge in [0.15, 0.2) is 0 Å². The zero-order valence-electron chi connectivity index (χ0n) is 10.2. The molecule has 1 aromatic rings. The summed E-state index contributed by atoms with van der Waals surface area (Å²) in [7, 11) is 0. The van der Waals surface area contributed by atoms with Crippen LogP contribution < -0.4 is 4.40 Å². The fourth-order valence-electron chi connectivity index (χ4n) is 2.34. The molecule has 0 aliphatic rings. The van der Waals surface area contributed by atoms with Gasteiger partial charge in [0.05, 0.1) is 0 Å². The molecule has 0 aromatic heterocycles. The van der Waals surface area contributed by atoms with Crippen molar-refractivity contribution in [2.75, 3.05) is 0 Å². The Morgan fingerprint density at radius 1 is 1.00 bits per heavy atom. The summed E-state index contributed by atoms with van der Waals surface area (Å²) in [5.74, 6) is 0. The predicted molar refractivity (Wildman–Crippen MR) is 73.4 cm³/mol. The van der Waals surface area contributed by atoms with Crippen molar-refractivity contribution in [1.82, 2.24) is 0 Å². The van der Waals surface area contributed by atoms with E-state index in [9.17, 15) is 0 Å². The molecule has 0 heterocycles. The standard InChI is InChI=1S/C14H22Ge/c1-5-13-9-11-14(12-10-13)15(6-2,7-3)8-4/h5,9-12H,1,6-8H2,2-4H3. The van der Waals surface area contributed by atoms with Crippen LogP contribution in [0.5, 0.6) is 0 Å². The van der Waals surface area contributed by atoms with Gasteiger partial charge in [-0.05, 0) is 0 Å². The zero-order chi connectivity index (χ0) is 11.3. The van der Waals surface area contributed by atoms with Crippen LogP contribution in [0.4, 0.5) is 0 Å². The molecule has 0 fully saturated rings. The van der Waals surface area contributed by atoms with Gasteiger partial charge in [0, 0.05) is 0 Å². The first-order valence-corrected chi connectivity index (χ1v) is 11.5. The molecule has 82 valence electrons. The van der Waals surface area contributed by atoms with Crippen molar-refractivity contribution < 1.29 is 0 Å². The van der Waals surface area contributed by atoms with E-state index in [2.05, 4.69) is 51.6 Å². The first-order valence-electron chi connectivity index (χ1n) is 5.95. The van der Waals surface area contributed by atoms with Gasteiger partial charge in [0.25, 0.3) is 0 Å². The Hall–Kier alpha value is -0.497. The van der Waals surface area contributed by atoms with E-state index in [1.165, 1.54) is 21.3 Å². The number of rotatable bonds is 5. The van der Waals surface area contributed by atoms with Crippen LogP contribution in [-0.4, -0.2) is 13.3 Å². The molecule has 0 radical (unpaired) electrons. The molecule has 0 aliphatic carbocycles. The van der Waals surface area contributed by atoms with E-state index < -0.39 is 13.3 Å². The second-order valence-electron chi connectivity index (χ2n) is 4.17. The molecule has 0 spiro atoms. The molecule has 0 nitrogen and oxygen atoms in total. The second kappa shape index (κ2) is 5.55. The zero-order valence-corrected chi connectivity index (χ0v) is 12.3. The molecule has 15 heavy (non-hydrogen) atoms. The Bertz CT molecular complexity index is 298. The molecule has 0 N–H and O–H groups in total. The number of hydrogen-bond acceptors (Lipinski definition) is 0. The van der Waals surface area contributed by atoms with Crippen molar-refractivity contribution >= 4 is 23.7 Å². The SMILES string of the molecule is C=Cc1cc[c]([Ge]([CH2]C)([CH2]C)[CH2]C)cc1. The molecule has 0 unspecified atom stereocenters. The normalized spacial score (nSPS) is 11.4. The molecule has 0 bridgehead atoms. The molecule has 1 heteroatoms. The summed E-state index contributed by atoms with van der Waals surface area (Å²) in [6.45, 7) is 10.9. The Morgan fingerprint density at radius 3 is 1.80 bits per heavy atom. The Kier molecular flexibility index (Phi) is 4.65. The van der Waals surface area contributed by atoms with Crippen LogP contribution >= 0.6 is 0 Å². The number of hydrogen-bond donors (Lipinski definition) is 0. The first-order chi connectivity index (χ1) is 7.22. The van der Waals surface area contributed by atoms with E-state index >= 15 is 0 Å². The minimum atomic E-state index is -1.70. The predicted octanol–water partition coefficient (Wildman–Crippen LogP) is 4.05. The summed E-state index contributed by atoms with van der Waals surface area (Å²) in [6.07, 6.45) is 1.92. The monoisotopic (exact) mass is 264 g/mol. The first kappa shape index (κ1) is 12.6. The molecule has 0 amide bonds. The third-order valence-electron chi connectivity index (χ3n) is 3.79. The molecule has 1 aromatic carbocycles. The van der Waals surface area contributed by atoms with E-state index in [4.69, 9.17) is 0 Å². The van der Waals surface area contributed by atoms with Gasteiger partial charge in [-0.2, -0.15) is 0 Å². The Labute approximate surface area is 96.8 Å². The molecule has 1 rings (SSSR count). The molecule has 0 atom stereocenters. The van der Waals surface area contributed by atoms with Gasteiger partial charge >= 0.3 is 96.7 Å². The van der Waals surface area contributed by atoms with E-state index in [0.29, 0.717) is 0 Å². The topological polar surface area (TPSA) is 0 Å². The van der Waals surface area contributed by atoms with E-state index in [1.54, 1.807) is 4.40 Å². The van der Waals surface area contributed by atoms with Crippen LogP contribution in [0.3, 0.4) is 0 Å². The Morgan fingerprint density at radius 2 is 1.47 bits per heavy atom. The van der Waals surface area contributed by atoms with Crippen LogP contribution in [0.1, 0.15) is 26.3 Å². The molecular weight excluding hydrogens is 241 g/mol. The van der Waals surface area contributed by atoms with Crippen molar-refractivity contribution in [1.29, 1.82) is 0 Å². The van der Waals surface area contributed by atoms with Crippen LogP contribution in [0.2, 0.25) is 15.8 Å². The van der Waals surface area contributed by atoms with Crippen LogP contribution in [0, 0.1) is 0 Å². The van der Waals surface area contributed by atoms with Crippen molar-refractivity contribution in [3.8, 4) is 0 Å². The summed E-state index contributed by atoms with van der Waals surface area (Å²) in [5.41, 5.74) is 1.23. The third kappa shape index (κ3) is 2.54. The molecule has 0 aliphatic heterocycles. The van der Waals surface area contributed by atoms with Crippen molar-refractivity contribution in [3.05, 3.63) is 36.4 Å². The summed E-state index contributed by atoms with van der Waals surface area (Å²) < 4.78 is 1.66. The maximum absolute atomic E-state index is 3.80. The average molecular weight is 263 g/mol. The Balaban J connectivity index is 3.06. The van der Waals surface area contributed by atoms with Gasteiger partial charge < -0.3 is 0 Å². The fraction of sp³-hybridized carbons (Fsp3) is 0.429. The third-order valence-corrected chi connectivity index (χ3v) is 15.6. The number of benzene rings is 1. The van der Waals surface area contributed by atoms with E-state index in [-0.39, 0.29) is 0 Å². The van der Waals surface area contributed by atoms with Gasteiger partial charge in [-0.15, -0.1) is 0 Å². The second-order valence-corrected chi connectivity index (χ2v) is 15.2. The minimum absolute atomic E-state index is 1.23. The van der Waals surface area contributed by atoms with Gasteiger partial charge in [0.1, 0.15) is 0 Å². The maximum atomic E-state index is 3.80. The summed E-state index contributed by atoms with van der Waals surface area (Å²) in [4.78, 5) is 0. The van der Waals surface area contributed by atoms with Crippen LogP contribution in [-0.2, 0) is 0 Å². The van der Waals surface area contributed by atoms with Crippen molar-refractivity contribution in [3.63, 3.8) is 0 Å².